The standard InChI is InChI=1S/C19H26ClN3O3/c1-2-22(12-18(24)25)17-9-16(10-17)21-19(26)23-7-6-14(11-23)13-4-3-5-15(20)8-13/h3-5,8,14,16-17H,2,6-7,9-12H2,1H3,(H,21,26)(H,24,25). The predicted molar refractivity (Wildman–Crippen MR) is 101 cm³/mol. The van der Waals surface area contributed by atoms with Crippen molar-refractivity contribution in [2.45, 2.75) is 44.2 Å². The molecule has 0 aromatic heterocycles. The van der Waals surface area contributed by atoms with Crippen LogP contribution in [0.3, 0.4) is 0 Å². The zero-order chi connectivity index (χ0) is 18.7. The van der Waals surface area contributed by atoms with Crippen molar-refractivity contribution in [3.63, 3.8) is 0 Å². The number of rotatable bonds is 6. The number of urea groups is 1. The minimum Gasteiger partial charge on any atom is -0.480 e. The fourth-order valence-corrected chi connectivity index (χ4v) is 4.12. The molecular formula is C19H26ClN3O3. The van der Waals surface area contributed by atoms with E-state index in [1.54, 1.807) is 0 Å². The molecule has 142 valence electrons. The Morgan fingerprint density at radius 3 is 2.81 bits per heavy atom. The summed E-state index contributed by atoms with van der Waals surface area (Å²) in [6, 6.07) is 8.23. The van der Waals surface area contributed by atoms with Gasteiger partial charge in [0.15, 0.2) is 0 Å². The van der Waals surface area contributed by atoms with Gasteiger partial charge in [-0.2, -0.15) is 0 Å². The number of carbonyl (C=O) groups is 2. The summed E-state index contributed by atoms with van der Waals surface area (Å²) in [4.78, 5) is 27.2. The van der Waals surface area contributed by atoms with E-state index in [-0.39, 0.29) is 24.7 Å². The first-order valence-electron chi connectivity index (χ1n) is 9.23. The van der Waals surface area contributed by atoms with E-state index in [2.05, 4.69) is 11.4 Å². The second-order valence-electron chi connectivity index (χ2n) is 7.22. The maximum atomic E-state index is 12.5. The number of hydrogen-bond acceptors (Lipinski definition) is 3. The van der Waals surface area contributed by atoms with Gasteiger partial charge in [0, 0.05) is 36.1 Å². The zero-order valence-electron chi connectivity index (χ0n) is 15.0. The normalized spacial score (nSPS) is 25.2. The lowest BCUT2D eigenvalue weighted by molar-refractivity contribution is -0.139. The van der Waals surface area contributed by atoms with Crippen LogP contribution in [-0.2, 0) is 4.79 Å². The van der Waals surface area contributed by atoms with Gasteiger partial charge in [0.2, 0.25) is 0 Å². The van der Waals surface area contributed by atoms with Gasteiger partial charge in [-0.15, -0.1) is 0 Å². The molecule has 0 spiro atoms. The molecule has 2 N–H and O–H groups in total. The van der Waals surface area contributed by atoms with Crippen LogP contribution in [0.4, 0.5) is 4.79 Å². The molecule has 0 bridgehead atoms. The van der Waals surface area contributed by atoms with Gasteiger partial charge in [-0.3, -0.25) is 9.69 Å². The van der Waals surface area contributed by atoms with E-state index in [1.165, 1.54) is 5.56 Å². The van der Waals surface area contributed by atoms with Crippen LogP contribution in [0.2, 0.25) is 5.02 Å². The molecule has 1 aliphatic heterocycles. The molecule has 1 atom stereocenters. The predicted octanol–water partition coefficient (Wildman–Crippen LogP) is 2.78. The number of benzene rings is 1. The minimum absolute atomic E-state index is 0.0146. The average molecular weight is 380 g/mol. The van der Waals surface area contributed by atoms with Gasteiger partial charge < -0.3 is 15.3 Å². The second kappa shape index (κ2) is 8.27. The van der Waals surface area contributed by atoms with Crippen molar-refractivity contribution in [2.24, 2.45) is 0 Å². The van der Waals surface area contributed by atoms with Crippen LogP contribution >= 0.6 is 11.6 Å². The van der Waals surface area contributed by atoms with Crippen LogP contribution in [0.25, 0.3) is 0 Å². The van der Waals surface area contributed by atoms with Crippen molar-refractivity contribution in [1.82, 2.24) is 15.1 Å². The molecule has 1 unspecified atom stereocenters. The summed E-state index contributed by atoms with van der Waals surface area (Å²) < 4.78 is 0. The highest BCUT2D eigenvalue weighted by molar-refractivity contribution is 6.30. The van der Waals surface area contributed by atoms with Crippen LogP contribution < -0.4 is 5.32 Å². The first-order valence-corrected chi connectivity index (χ1v) is 9.60. The van der Waals surface area contributed by atoms with E-state index in [0.29, 0.717) is 19.0 Å². The third kappa shape index (κ3) is 4.48. The lowest BCUT2D eigenvalue weighted by Crippen LogP contribution is -2.56. The van der Waals surface area contributed by atoms with E-state index in [4.69, 9.17) is 16.7 Å². The van der Waals surface area contributed by atoms with Crippen molar-refractivity contribution in [3.05, 3.63) is 34.9 Å². The Kier molecular flexibility index (Phi) is 6.04. The summed E-state index contributed by atoms with van der Waals surface area (Å²) >= 11 is 6.07. The summed E-state index contributed by atoms with van der Waals surface area (Å²) in [5, 5.41) is 12.8. The van der Waals surface area contributed by atoms with Crippen molar-refractivity contribution >= 4 is 23.6 Å². The molecule has 2 amide bonds. The molecular weight excluding hydrogens is 354 g/mol. The number of carboxylic acids is 1. The smallest absolute Gasteiger partial charge is 0.317 e. The maximum absolute atomic E-state index is 12.5. The first kappa shape index (κ1) is 19.0. The minimum atomic E-state index is -0.802. The van der Waals surface area contributed by atoms with Gasteiger partial charge in [-0.25, -0.2) is 4.79 Å². The average Bonchev–Trinajstić information content (AvgIpc) is 3.06. The Balaban J connectivity index is 1.45. The largest absolute Gasteiger partial charge is 0.480 e. The van der Waals surface area contributed by atoms with Crippen molar-refractivity contribution in [2.75, 3.05) is 26.2 Å². The Bertz CT molecular complexity index is 663. The van der Waals surface area contributed by atoms with E-state index in [0.717, 1.165) is 30.8 Å². The number of nitrogens with zero attached hydrogens (tertiary/aromatic N) is 2. The van der Waals surface area contributed by atoms with Gasteiger partial charge in [0.1, 0.15) is 0 Å². The van der Waals surface area contributed by atoms with Crippen LogP contribution in [0.15, 0.2) is 24.3 Å². The van der Waals surface area contributed by atoms with Crippen LogP contribution in [-0.4, -0.2) is 65.2 Å². The van der Waals surface area contributed by atoms with Gasteiger partial charge in [0.25, 0.3) is 0 Å². The Morgan fingerprint density at radius 2 is 2.15 bits per heavy atom. The fourth-order valence-electron chi connectivity index (χ4n) is 3.92. The number of likely N-dealkylation sites (N-methyl/N-ethyl adjacent to an activating group) is 1. The van der Waals surface area contributed by atoms with Gasteiger partial charge in [0.05, 0.1) is 6.54 Å². The summed E-state index contributed by atoms with van der Waals surface area (Å²) in [7, 11) is 0. The summed E-state index contributed by atoms with van der Waals surface area (Å²) in [6.45, 7) is 4.21. The highest BCUT2D eigenvalue weighted by Crippen LogP contribution is 2.30. The fraction of sp³-hybridized carbons (Fsp3) is 0.579. The molecule has 2 fully saturated rings. The molecule has 1 aliphatic carbocycles. The van der Waals surface area contributed by atoms with Crippen molar-refractivity contribution in [1.29, 1.82) is 0 Å². The molecule has 6 nitrogen and oxygen atoms in total. The molecule has 3 rings (SSSR count). The molecule has 26 heavy (non-hydrogen) atoms. The van der Waals surface area contributed by atoms with E-state index < -0.39 is 5.97 Å². The van der Waals surface area contributed by atoms with Crippen molar-refractivity contribution in [3.8, 4) is 0 Å². The number of aliphatic carboxylic acids is 1. The monoisotopic (exact) mass is 379 g/mol. The quantitative estimate of drug-likeness (QED) is 0.797. The van der Waals surface area contributed by atoms with E-state index in [1.807, 2.05) is 34.9 Å². The Morgan fingerprint density at radius 1 is 1.38 bits per heavy atom. The summed E-state index contributed by atoms with van der Waals surface area (Å²) in [5.74, 6) is -0.469. The number of likely N-dealkylation sites (tertiary alicyclic amines) is 1. The lowest BCUT2D eigenvalue weighted by atomic mass is 9.85. The van der Waals surface area contributed by atoms with E-state index >= 15 is 0 Å². The van der Waals surface area contributed by atoms with Gasteiger partial charge in [-0.05, 0) is 43.5 Å². The zero-order valence-corrected chi connectivity index (χ0v) is 15.8. The first-order chi connectivity index (χ1) is 12.5. The molecule has 0 radical (unpaired) electrons. The van der Waals surface area contributed by atoms with Crippen molar-refractivity contribution < 1.29 is 14.7 Å². The number of amides is 2. The molecule has 1 saturated heterocycles. The van der Waals surface area contributed by atoms with Crippen LogP contribution in [0.5, 0.6) is 0 Å². The van der Waals surface area contributed by atoms with Crippen LogP contribution in [0.1, 0.15) is 37.7 Å². The number of nitrogens with one attached hydrogen (secondary N) is 1. The summed E-state index contributed by atoms with van der Waals surface area (Å²) in [6.07, 6.45) is 2.58. The number of carbonyl (C=O) groups excluding carboxylic acids is 1. The topological polar surface area (TPSA) is 72.9 Å². The number of carboxylic acid groups (broad SMARTS) is 1. The van der Waals surface area contributed by atoms with Crippen LogP contribution in [0, 0.1) is 0 Å². The van der Waals surface area contributed by atoms with E-state index in [9.17, 15) is 9.59 Å². The highest BCUT2D eigenvalue weighted by Gasteiger charge is 2.36. The maximum Gasteiger partial charge on any atom is 0.317 e. The third-order valence-corrected chi connectivity index (χ3v) is 5.73. The molecule has 1 aromatic carbocycles. The molecule has 2 aliphatic rings. The highest BCUT2D eigenvalue weighted by atomic mass is 35.5. The summed E-state index contributed by atoms with van der Waals surface area (Å²) in [5.41, 5.74) is 1.18. The number of halogens is 1. The molecule has 1 saturated carbocycles. The van der Waals surface area contributed by atoms with Gasteiger partial charge >= 0.3 is 12.0 Å². The number of hydrogen-bond donors (Lipinski definition) is 2. The SMILES string of the molecule is CCN(CC(=O)O)C1CC(NC(=O)N2CCC(c3cccc(Cl)c3)C2)C1. The Hall–Kier alpha value is -1.79. The molecule has 1 heterocycles. The molecule has 1 aromatic rings. The second-order valence-corrected chi connectivity index (χ2v) is 7.65. The van der Waals surface area contributed by atoms with Gasteiger partial charge in [-0.1, -0.05) is 30.7 Å². The third-order valence-electron chi connectivity index (χ3n) is 5.50. The molecule has 7 heteroatoms. The Labute approximate surface area is 159 Å². The lowest BCUT2D eigenvalue weighted by Gasteiger charge is -2.42.